The van der Waals surface area contributed by atoms with Gasteiger partial charge in [0, 0.05) is 55.8 Å². The fourth-order valence-electron chi connectivity index (χ4n) is 3.42. The third kappa shape index (κ3) is 4.23. The third-order valence-electron chi connectivity index (χ3n) is 4.74. The minimum absolute atomic E-state index is 0.166. The van der Waals surface area contributed by atoms with Gasteiger partial charge in [-0.15, -0.1) is 11.3 Å². The van der Waals surface area contributed by atoms with Crippen molar-refractivity contribution in [3.05, 3.63) is 53.3 Å². The van der Waals surface area contributed by atoms with E-state index < -0.39 is 0 Å². The summed E-state index contributed by atoms with van der Waals surface area (Å²) in [5.74, 6) is 0.567. The molecule has 0 radical (unpaired) electrons. The van der Waals surface area contributed by atoms with Crippen molar-refractivity contribution in [1.82, 2.24) is 19.4 Å². The van der Waals surface area contributed by atoms with E-state index in [1.54, 1.807) is 17.5 Å². The molecule has 0 saturated carbocycles. The monoisotopic (exact) mass is 413 g/mol. The van der Waals surface area contributed by atoms with Gasteiger partial charge in [-0.3, -0.25) is 9.36 Å². The van der Waals surface area contributed by atoms with Crippen molar-refractivity contribution in [1.29, 1.82) is 0 Å². The molecule has 2 aromatic heterocycles. The molecule has 28 heavy (non-hydrogen) atoms. The smallest absolute Gasteiger partial charge is 0.233 e. The second-order valence-electron chi connectivity index (χ2n) is 6.90. The first-order chi connectivity index (χ1) is 13.6. The molecule has 1 aromatic carbocycles. The number of thioether (sulfide) groups is 1. The summed E-state index contributed by atoms with van der Waals surface area (Å²) >= 11 is 3.14. The van der Waals surface area contributed by atoms with Crippen LogP contribution in [0.3, 0.4) is 0 Å². The molecule has 0 N–H and O–H groups in total. The summed E-state index contributed by atoms with van der Waals surface area (Å²) in [4.78, 5) is 25.7. The van der Waals surface area contributed by atoms with E-state index in [1.165, 1.54) is 22.9 Å². The molecule has 6 nitrogen and oxygen atoms in total. The zero-order valence-corrected chi connectivity index (χ0v) is 17.7. The lowest BCUT2D eigenvalue weighted by Crippen LogP contribution is -2.49. The average molecular weight is 414 g/mol. The zero-order valence-electron chi connectivity index (χ0n) is 16.0. The number of aromatic nitrogens is 3. The number of piperazine rings is 1. The third-order valence-corrected chi connectivity index (χ3v) is 6.52. The largest absolute Gasteiger partial charge is 0.345 e. The number of aryl methyl sites for hydroxylation is 2. The normalized spacial score (nSPS) is 14.5. The summed E-state index contributed by atoms with van der Waals surface area (Å²) < 4.78 is 2.05. The van der Waals surface area contributed by atoms with Crippen molar-refractivity contribution in [2.24, 2.45) is 0 Å². The number of thiazole rings is 1. The molecular formula is C20H23N5OS2. The van der Waals surface area contributed by atoms with Crippen molar-refractivity contribution >= 4 is 34.1 Å². The SMILES string of the molecule is Cc1cc(C)cc(-n2ccnc2SCC(=O)N2CCN(c3nccs3)CC2)c1. The Morgan fingerprint density at radius 3 is 2.50 bits per heavy atom. The van der Waals surface area contributed by atoms with Crippen molar-refractivity contribution in [3.8, 4) is 5.69 Å². The number of carbonyl (C=O) groups is 1. The van der Waals surface area contributed by atoms with E-state index in [-0.39, 0.29) is 5.91 Å². The second-order valence-corrected chi connectivity index (χ2v) is 8.71. The predicted molar refractivity (Wildman–Crippen MR) is 115 cm³/mol. The zero-order chi connectivity index (χ0) is 19.5. The quantitative estimate of drug-likeness (QED) is 0.600. The van der Waals surface area contributed by atoms with Gasteiger partial charge in [0.2, 0.25) is 5.91 Å². The Morgan fingerprint density at radius 1 is 1.07 bits per heavy atom. The summed E-state index contributed by atoms with van der Waals surface area (Å²) in [6, 6.07) is 6.43. The van der Waals surface area contributed by atoms with Gasteiger partial charge in [-0.05, 0) is 37.1 Å². The van der Waals surface area contributed by atoms with Gasteiger partial charge in [-0.25, -0.2) is 9.97 Å². The van der Waals surface area contributed by atoms with Gasteiger partial charge in [0.1, 0.15) is 0 Å². The Balaban J connectivity index is 1.35. The van der Waals surface area contributed by atoms with E-state index in [4.69, 9.17) is 0 Å². The molecule has 0 spiro atoms. The highest BCUT2D eigenvalue weighted by Crippen LogP contribution is 2.23. The molecule has 8 heteroatoms. The first kappa shape index (κ1) is 19.0. The van der Waals surface area contributed by atoms with Gasteiger partial charge in [0.15, 0.2) is 10.3 Å². The maximum absolute atomic E-state index is 12.7. The number of amides is 1. The second kappa shape index (κ2) is 8.36. The molecule has 3 heterocycles. The standard InChI is InChI=1S/C20H23N5OS2/c1-15-11-16(2)13-17(12-15)25-5-3-21-20(25)28-14-18(26)23-6-8-24(9-7-23)19-22-4-10-27-19/h3-5,10-13H,6-9,14H2,1-2H3. The fraction of sp³-hybridized carbons (Fsp3) is 0.350. The van der Waals surface area contributed by atoms with Gasteiger partial charge < -0.3 is 9.80 Å². The Labute approximate surface area is 173 Å². The number of imidazole rings is 1. The van der Waals surface area contributed by atoms with E-state index in [0.717, 1.165) is 42.2 Å². The lowest BCUT2D eigenvalue weighted by molar-refractivity contribution is -0.128. The first-order valence-corrected chi connectivity index (χ1v) is 11.1. The molecule has 0 unspecified atom stereocenters. The predicted octanol–water partition coefficient (Wildman–Crippen LogP) is 3.39. The van der Waals surface area contributed by atoms with Crippen molar-refractivity contribution in [2.45, 2.75) is 19.0 Å². The molecule has 1 amide bonds. The van der Waals surface area contributed by atoms with Crippen LogP contribution in [-0.2, 0) is 4.79 Å². The maximum Gasteiger partial charge on any atom is 0.233 e. The van der Waals surface area contributed by atoms with Crippen LogP contribution in [0.2, 0.25) is 0 Å². The fourth-order valence-corrected chi connectivity index (χ4v) is 4.99. The lowest BCUT2D eigenvalue weighted by atomic mass is 10.1. The molecule has 146 valence electrons. The van der Waals surface area contributed by atoms with Crippen LogP contribution in [0.1, 0.15) is 11.1 Å². The highest BCUT2D eigenvalue weighted by molar-refractivity contribution is 7.99. The van der Waals surface area contributed by atoms with Crippen LogP contribution in [0, 0.1) is 13.8 Å². The molecule has 3 aromatic rings. The number of anilines is 1. The van der Waals surface area contributed by atoms with Gasteiger partial charge in [0.25, 0.3) is 0 Å². The van der Waals surface area contributed by atoms with Crippen LogP contribution in [-0.4, -0.2) is 57.3 Å². The van der Waals surface area contributed by atoms with Gasteiger partial charge in [-0.2, -0.15) is 0 Å². The molecule has 0 atom stereocenters. The van der Waals surface area contributed by atoms with Crippen LogP contribution in [0.4, 0.5) is 5.13 Å². The van der Waals surface area contributed by atoms with Gasteiger partial charge in [0.05, 0.1) is 5.75 Å². The first-order valence-electron chi connectivity index (χ1n) is 9.27. The number of nitrogens with zero attached hydrogens (tertiary/aromatic N) is 5. The maximum atomic E-state index is 12.7. The van der Waals surface area contributed by atoms with Gasteiger partial charge >= 0.3 is 0 Å². The molecule has 1 aliphatic heterocycles. The summed E-state index contributed by atoms with van der Waals surface area (Å²) in [5, 5.41) is 3.87. The average Bonchev–Trinajstić information content (AvgIpc) is 3.37. The van der Waals surface area contributed by atoms with Crippen molar-refractivity contribution < 1.29 is 4.79 Å². The van der Waals surface area contributed by atoms with Crippen molar-refractivity contribution in [2.75, 3.05) is 36.8 Å². The molecule has 0 bridgehead atoms. The van der Waals surface area contributed by atoms with Gasteiger partial charge in [-0.1, -0.05) is 17.8 Å². The van der Waals surface area contributed by atoms with Crippen LogP contribution < -0.4 is 4.90 Å². The van der Waals surface area contributed by atoms with Crippen molar-refractivity contribution in [3.63, 3.8) is 0 Å². The Morgan fingerprint density at radius 2 is 1.82 bits per heavy atom. The Bertz CT molecular complexity index is 925. The van der Waals surface area contributed by atoms with E-state index in [1.807, 2.05) is 22.7 Å². The molecule has 1 saturated heterocycles. The topological polar surface area (TPSA) is 54.3 Å². The summed E-state index contributed by atoms with van der Waals surface area (Å²) in [7, 11) is 0. The van der Waals surface area contributed by atoms with Crippen LogP contribution in [0.5, 0.6) is 0 Å². The van der Waals surface area contributed by atoms with Crippen LogP contribution >= 0.6 is 23.1 Å². The van der Waals surface area contributed by atoms with E-state index >= 15 is 0 Å². The van der Waals surface area contributed by atoms with E-state index in [2.05, 4.69) is 51.5 Å². The molecule has 0 aliphatic carbocycles. The number of carbonyl (C=O) groups excluding carboxylic acids is 1. The number of hydrogen-bond donors (Lipinski definition) is 0. The highest BCUT2D eigenvalue weighted by atomic mass is 32.2. The van der Waals surface area contributed by atoms with E-state index in [9.17, 15) is 4.79 Å². The number of benzene rings is 1. The molecule has 4 rings (SSSR count). The Hall–Kier alpha value is -2.32. The summed E-state index contributed by atoms with van der Waals surface area (Å²) in [6.45, 7) is 7.33. The number of rotatable bonds is 5. The minimum Gasteiger partial charge on any atom is -0.345 e. The highest BCUT2D eigenvalue weighted by Gasteiger charge is 2.22. The Kier molecular flexibility index (Phi) is 5.68. The summed E-state index contributed by atoms with van der Waals surface area (Å²) in [5.41, 5.74) is 3.52. The number of hydrogen-bond acceptors (Lipinski definition) is 6. The van der Waals surface area contributed by atoms with Crippen LogP contribution in [0.25, 0.3) is 5.69 Å². The van der Waals surface area contributed by atoms with E-state index in [0.29, 0.717) is 5.75 Å². The molecule has 1 fully saturated rings. The minimum atomic E-state index is 0.166. The molecular weight excluding hydrogens is 390 g/mol. The van der Waals surface area contributed by atoms with Crippen LogP contribution in [0.15, 0.2) is 47.3 Å². The summed E-state index contributed by atoms with van der Waals surface area (Å²) in [6.07, 6.45) is 5.57. The molecule has 1 aliphatic rings. The lowest BCUT2D eigenvalue weighted by Gasteiger charge is -2.34.